The quantitative estimate of drug-likeness (QED) is 0.727. The Hall–Kier alpha value is -0.900. The third-order valence-electron chi connectivity index (χ3n) is 3.17. The molecule has 1 rings (SSSR count). The molecule has 0 aromatic carbocycles. The number of aliphatic hydroxyl groups is 1. The topological polar surface area (TPSA) is 40.5 Å². The molecule has 1 saturated carbocycles. The van der Waals surface area contributed by atoms with Crippen LogP contribution in [-0.2, 0) is 4.79 Å². The number of nitrogens with zero attached hydrogens (tertiary/aromatic N) is 1. The van der Waals surface area contributed by atoms with E-state index in [2.05, 4.69) is 0 Å². The molecular weight excluding hydrogens is 221 g/mol. The van der Waals surface area contributed by atoms with Crippen LogP contribution in [0, 0.1) is 5.92 Å². The van der Waals surface area contributed by atoms with E-state index in [4.69, 9.17) is 5.11 Å². The first-order chi connectivity index (χ1) is 7.99. The highest BCUT2D eigenvalue weighted by Crippen LogP contribution is 2.38. The Morgan fingerprint density at radius 1 is 1.47 bits per heavy atom. The zero-order valence-corrected chi connectivity index (χ0v) is 10.9. The maximum atomic E-state index is 13.9. The Morgan fingerprint density at radius 3 is 2.47 bits per heavy atom. The van der Waals surface area contributed by atoms with Gasteiger partial charge in [0.05, 0.1) is 0 Å². The van der Waals surface area contributed by atoms with Crippen molar-refractivity contribution in [3.05, 3.63) is 11.4 Å². The molecule has 0 saturated heterocycles. The van der Waals surface area contributed by atoms with Crippen LogP contribution in [0.3, 0.4) is 0 Å². The lowest BCUT2D eigenvalue weighted by molar-refractivity contribution is -0.130. The molecule has 0 atom stereocenters. The molecule has 0 aromatic heterocycles. The van der Waals surface area contributed by atoms with Gasteiger partial charge in [0.2, 0.25) is 0 Å². The van der Waals surface area contributed by atoms with Crippen molar-refractivity contribution in [1.82, 2.24) is 4.90 Å². The first-order valence-corrected chi connectivity index (χ1v) is 6.27. The number of carbonyl (C=O) groups excluding carboxylic acids is 1. The molecule has 1 fully saturated rings. The first-order valence-electron chi connectivity index (χ1n) is 6.27. The molecule has 0 heterocycles. The minimum absolute atomic E-state index is 0.0173. The van der Waals surface area contributed by atoms with E-state index in [-0.39, 0.29) is 18.6 Å². The summed E-state index contributed by atoms with van der Waals surface area (Å²) in [5.41, 5.74) is 0.588. The van der Waals surface area contributed by atoms with Crippen molar-refractivity contribution in [3.8, 4) is 0 Å². The molecule has 1 aliphatic carbocycles. The van der Waals surface area contributed by atoms with Gasteiger partial charge in [-0.1, -0.05) is 0 Å². The van der Waals surface area contributed by atoms with E-state index in [1.54, 1.807) is 6.92 Å². The maximum Gasteiger partial charge on any atom is 0.282 e. The predicted molar refractivity (Wildman–Crippen MR) is 65.1 cm³/mol. The van der Waals surface area contributed by atoms with Gasteiger partial charge in [-0.25, -0.2) is 4.39 Å². The van der Waals surface area contributed by atoms with E-state index in [1.807, 2.05) is 13.8 Å². The molecule has 0 unspecified atom stereocenters. The summed E-state index contributed by atoms with van der Waals surface area (Å²) < 4.78 is 13.9. The largest absolute Gasteiger partial charge is 0.396 e. The lowest BCUT2D eigenvalue weighted by Crippen LogP contribution is -2.38. The average Bonchev–Trinajstić information content (AvgIpc) is 3.10. The smallest absolute Gasteiger partial charge is 0.282 e. The summed E-state index contributed by atoms with van der Waals surface area (Å²) in [7, 11) is 0. The summed E-state index contributed by atoms with van der Waals surface area (Å²) in [6.45, 7) is 5.83. The van der Waals surface area contributed by atoms with Crippen molar-refractivity contribution in [1.29, 1.82) is 0 Å². The first kappa shape index (κ1) is 14.2. The van der Waals surface area contributed by atoms with Crippen molar-refractivity contribution < 1.29 is 14.3 Å². The Kier molecular flexibility index (Phi) is 5.12. The molecule has 0 radical (unpaired) electrons. The lowest BCUT2D eigenvalue weighted by atomic mass is 10.1. The molecular formula is C13H22FNO2. The molecule has 0 bridgehead atoms. The van der Waals surface area contributed by atoms with E-state index in [0.717, 1.165) is 12.8 Å². The monoisotopic (exact) mass is 243 g/mol. The van der Waals surface area contributed by atoms with E-state index < -0.39 is 11.7 Å². The average molecular weight is 243 g/mol. The van der Waals surface area contributed by atoms with Gasteiger partial charge in [0.1, 0.15) is 0 Å². The van der Waals surface area contributed by atoms with Gasteiger partial charge in [-0.2, -0.15) is 0 Å². The van der Waals surface area contributed by atoms with Gasteiger partial charge in [-0.05, 0) is 51.5 Å². The fraction of sp³-hybridized carbons (Fsp3) is 0.769. The molecule has 98 valence electrons. The van der Waals surface area contributed by atoms with Crippen LogP contribution in [0.1, 0.15) is 40.0 Å². The summed E-state index contributed by atoms with van der Waals surface area (Å²) in [6, 6.07) is -0.0493. The second-order valence-corrected chi connectivity index (χ2v) is 4.94. The second-order valence-electron chi connectivity index (χ2n) is 4.94. The molecule has 1 N–H and O–H groups in total. The summed E-state index contributed by atoms with van der Waals surface area (Å²) in [5, 5.41) is 8.78. The summed E-state index contributed by atoms with van der Waals surface area (Å²) in [4.78, 5) is 13.5. The van der Waals surface area contributed by atoms with Crippen molar-refractivity contribution in [2.45, 2.75) is 46.1 Å². The number of amides is 1. The van der Waals surface area contributed by atoms with Gasteiger partial charge in [0, 0.05) is 19.2 Å². The van der Waals surface area contributed by atoms with Gasteiger partial charge in [0.25, 0.3) is 5.91 Å². The van der Waals surface area contributed by atoms with Crippen molar-refractivity contribution >= 4 is 5.91 Å². The van der Waals surface area contributed by atoms with Crippen LogP contribution in [0.5, 0.6) is 0 Å². The fourth-order valence-corrected chi connectivity index (χ4v) is 1.83. The van der Waals surface area contributed by atoms with Gasteiger partial charge >= 0.3 is 0 Å². The summed E-state index contributed by atoms with van der Waals surface area (Å²) in [5.74, 6) is -0.859. The van der Waals surface area contributed by atoms with Gasteiger partial charge in [-0.3, -0.25) is 4.79 Å². The third kappa shape index (κ3) is 3.80. The minimum atomic E-state index is -0.598. The molecule has 1 amide bonds. The Morgan fingerprint density at radius 2 is 2.06 bits per heavy atom. The molecule has 0 aromatic rings. The van der Waals surface area contributed by atoms with Crippen LogP contribution in [0.15, 0.2) is 11.4 Å². The zero-order chi connectivity index (χ0) is 13.0. The molecule has 3 nitrogen and oxygen atoms in total. The summed E-state index contributed by atoms with van der Waals surface area (Å²) in [6.07, 6.45) is 2.47. The van der Waals surface area contributed by atoms with E-state index in [0.29, 0.717) is 18.5 Å². The number of rotatable bonds is 6. The molecule has 1 aliphatic rings. The van der Waals surface area contributed by atoms with Gasteiger partial charge < -0.3 is 10.0 Å². The van der Waals surface area contributed by atoms with E-state index >= 15 is 0 Å². The number of allylic oxidation sites excluding steroid dienone is 1. The van der Waals surface area contributed by atoms with Crippen molar-refractivity contribution in [3.63, 3.8) is 0 Å². The number of hydrogen-bond donors (Lipinski definition) is 1. The highest BCUT2D eigenvalue weighted by molar-refractivity contribution is 5.92. The van der Waals surface area contributed by atoms with Crippen LogP contribution in [0.4, 0.5) is 4.39 Å². The van der Waals surface area contributed by atoms with Crippen LogP contribution < -0.4 is 0 Å². The third-order valence-corrected chi connectivity index (χ3v) is 3.17. The maximum absolute atomic E-state index is 13.9. The highest BCUT2D eigenvalue weighted by Gasteiger charge is 2.30. The minimum Gasteiger partial charge on any atom is -0.396 e. The van der Waals surface area contributed by atoms with Crippen LogP contribution >= 0.6 is 0 Å². The summed E-state index contributed by atoms with van der Waals surface area (Å²) >= 11 is 0. The molecule has 4 heteroatoms. The lowest BCUT2D eigenvalue weighted by Gasteiger charge is -2.26. The Bertz CT molecular complexity index is 309. The van der Waals surface area contributed by atoms with E-state index in [9.17, 15) is 9.18 Å². The predicted octanol–water partition coefficient (Wildman–Crippen LogP) is 2.26. The van der Waals surface area contributed by atoms with Crippen LogP contribution in [0.25, 0.3) is 0 Å². The number of aliphatic hydroxyl groups excluding tert-OH is 1. The number of hydrogen-bond acceptors (Lipinski definition) is 2. The van der Waals surface area contributed by atoms with E-state index in [1.165, 1.54) is 4.90 Å². The zero-order valence-electron chi connectivity index (χ0n) is 10.9. The Labute approximate surface area is 102 Å². The van der Waals surface area contributed by atoms with Gasteiger partial charge in [0.15, 0.2) is 5.83 Å². The highest BCUT2D eigenvalue weighted by atomic mass is 19.1. The van der Waals surface area contributed by atoms with Gasteiger partial charge in [-0.15, -0.1) is 0 Å². The second kappa shape index (κ2) is 6.15. The molecule has 17 heavy (non-hydrogen) atoms. The van der Waals surface area contributed by atoms with Crippen LogP contribution in [0.2, 0.25) is 0 Å². The standard InChI is InChI=1S/C13H22FNO2/c1-9(2)15(7-4-8-16)13(17)12(14)10(3)11-5-6-11/h9,11,16H,4-8H2,1-3H3/b12-10-. The van der Waals surface area contributed by atoms with Crippen molar-refractivity contribution in [2.75, 3.05) is 13.2 Å². The Balaban J connectivity index is 2.72. The fourth-order valence-electron chi connectivity index (χ4n) is 1.83. The number of carbonyl (C=O) groups is 1. The SMILES string of the molecule is C/C(=C(/F)C(=O)N(CCCO)C(C)C)C1CC1. The normalized spacial score (nSPS) is 17.1. The van der Waals surface area contributed by atoms with Crippen LogP contribution in [-0.4, -0.2) is 35.1 Å². The number of halogens is 1. The van der Waals surface area contributed by atoms with Crippen molar-refractivity contribution in [2.24, 2.45) is 5.92 Å². The molecule has 0 spiro atoms. The molecule has 0 aliphatic heterocycles.